The van der Waals surface area contributed by atoms with Crippen LogP contribution in [0, 0.1) is 11.3 Å². The molecule has 1 fully saturated rings. The summed E-state index contributed by atoms with van der Waals surface area (Å²) in [5.74, 6) is 0.138. The van der Waals surface area contributed by atoms with Gasteiger partial charge in [-0.2, -0.15) is 0 Å². The summed E-state index contributed by atoms with van der Waals surface area (Å²) in [4.78, 5) is 4.49. The monoisotopic (exact) mass is 462 g/mol. The number of hydrogen-bond donors (Lipinski definition) is 2. The maximum atomic E-state index is 12.9. The molecular formula is C21H32Cl2N2O3S. The lowest BCUT2D eigenvalue weighted by atomic mass is 9.85. The number of sulfonamides is 1. The van der Waals surface area contributed by atoms with Gasteiger partial charge in [-0.05, 0) is 43.2 Å². The van der Waals surface area contributed by atoms with Gasteiger partial charge >= 0.3 is 0 Å². The number of rotatable bonds is 7. The lowest BCUT2D eigenvalue weighted by molar-refractivity contribution is 0.301. The van der Waals surface area contributed by atoms with Crippen LogP contribution >= 0.6 is 23.2 Å². The zero-order valence-corrected chi connectivity index (χ0v) is 19.9. The average Bonchev–Trinajstić information content (AvgIpc) is 2.61. The summed E-state index contributed by atoms with van der Waals surface area (Å²) in [7, 11) is -3.52. The second-order valence-electron chi connectivity index (χ2n) is 9.07. The number of nitrogens with zero attached hydrogens (tertiary/aromatic N) is 1. The Bertz CT molecular complexity index is 829. The van der Waals surface area contributed by atoms with Crippen LogP contribution in [0.25, 0.3) is 0 Å². The van der Waals surface area contributed by atoms with E-state index in [1.165, 1.54) is 18.7 Å². The lowest BCUT2D eigenvalue weighted by Crippen LogP contribution is -2.44. The van der Waals surface area contributed by atoms with Crippen LogP contribution in [0.5, 0.6) is 5.75 Å². The molecule has 1 aliphatic carbocycles. The molecule has 29 heavy (non-hydrogen) atoms. The first kappa shape index (κ1) is 24.4. The third-order valence-corrected chi connectivity index (χ3v) is 7.54. The van der Waals surface area contributed by atoms with Crippen molar-refractivity contribution in [2.45, 2.75) is 71.9 Å². The third-order valence-electron chi connectivity index (χ3n) is 5.55. The Morgan fingerprint density at radius 2 is 1.86 bits per heavy atom. The predicted molar refractivity (Wildman–Crippen MR) is 122 cm³/mol. The normalized spacial score (nSPS) is 18.8. The van der Waals surface area contributed by atoms with Crippen LogP contribution in [0.2, 0.25) is 10.0 Å². The van der Waals surface area contributed by atoms with E-state index in [1.807, 2.05) is 27.7 Å². The molecule has 2 atom stereocenters. The van der Waals surface area contributed by atoms with Gasteiger partial charge in [-0.15, -0.1) is 0 Å². The van der Waals surface area contributed by atoms with Crippen molar-refractivity contribution in [1.29, 1.82) is 0 Å². The number of halogens is 2. The largest absolute Gasteiger partial charge is 0.506 e. The first-order valence-corrected chi connectivity index (χ1v) is 12.5. The summed E-state index contributed by atoms with van der Waals surface area (Å²) >= 11 is 12.0. The molecule has 0 spiro atoms. The maximum absolute atomic E-state index is 12.9. The molecule has 0 aromatic heterocycles. The van der Waals surface area contributed by atoms with Crippen LogP contribution in [0.3, 0.4) is 0 Å². The highest BCUT2D eigenvalue weighted by molar-refractivity contribution is 7.89. The van der Waals surface area contributed by atoms with Crippen molar-refractivity contribution in [3.63, 3.8) is 0 Å². The number of benzene rings is 1. The van der Waals surface area contributed by atoms with E-state index in [0.717, 1.165) is 25.7 Å². The van der Waals surface area contributed by atoms with Gasteiger partial charge in [0.2, 0.25) is 10.0 Å². The SMILES string of the molecule is C[C@@H](NS(=O)(=O)C[C@@H](N=Cc1cc(Cl)cc(Cl)c1O)C(C)(C)C)C1CCCCC1. The quantitative estimate of drug-likeness (QED) is 0.530. The number of nitrogens with one attached hydrogen (secondary N) is 1. The van der Waals surface area contributed by atoms with E-state index in [1.54, 1.807) is 6.07 Å². The summed E-state index contributed by atoms with van der Waals surface area (Å²) in [5.41, 5.74) is -0.0326. The van der Waals surface area contributed by atoms with Crippen LogP contribution in [0.4, 0.5) is 0 Å². The van der Waals surface area contributed by atoms with Gasteiger partial charge in [0.15, 0.2) is 0 Å². The molecule has 164 valence electrons. The van der Waals surface area contributed by atoms with E-state index in [9.17, 15) is 13.5 Å². The van der Waals surface area contributed by atoms with Gasteiger partial charge in [-0.1, -0.05) is 63.2 Å². The van der Waals surface area contributed by atoms with Crippen molar-refractivity contribution < 1.29 is 13.5 Å². The first-order chi connectivity index (χ1) is 13.4. The van der Waals surface area contributed by atoms with E-state index in [4.69, 9.17) is 23.2 Å². The van der Waals surface area contributed by atoms with Crippen molar-refractivity contribution >= 4 is 39.4 Å². The smallest absolute Gasteiger partial charge is 0.213 e. The molecule has 1 aromatic carbocycles. The molecule has 1 aromatic rings. The van der Waals surface area contributed by atoms with E-state index >= 15 is 0 Å². The Morgan fingerprint density at radius 3 is 2.45 bits per heavy atom. The second-order valence-corrected chi connectivity index (χ2v) is 11.7. The molecule has 0 radical (unpaired) electrons. The molecule has 0 amide bonds. The van der Waals surface area contributed by atoms with Crippen molar-refractivity contribution in [2.75, 3.05) is 5.75 Å². The van der Waals surface area contributed by atoms with E-state index < -0.39 is 21.5 Å². The molecule has 0 bridgehead atoms. The average molecular weight is 463 g/mol. The van der Waals surface area contributed by atoms with Crippen LogP contribution < -0.4 is 4.72 Å². The van der Waals surface area contributed by atoms with Crippen molar-refractivity contribution in [2.24, 2.45) is 16.3 Å². The molecule has 0 saturated heterocycles. The Kier molecular flexibility index (Phi) is 8.42. The van der Waals surface area contributed by atoms with Crippen LogP contribution in [0.15, 0.2) is 17.1 Å². The number of aromatic hydroxyl groups is 1. The van der Waals surface area contributed by atoms with Gasteiger partial charge < -0.3 is 5.11 Å². The Morgan fingerprint density at radius 1 is 1.24 bits per heavy atom. The van der Waals surface area contributed by atoms with E-state index in [2.05, 4.69) is 9.71 Å². The highest BCUT2D eigenvalue weighted by Gasteiger charge is 2.31. The molecular weight excluding hydrogens is 431 g/mol. The number of aliphatic imine (C=N–C) groups is 1. The second kappa shape index (κ2) is 9.99. The fourth-order valence-electron chi connectivity index (χ4n) is 3.64. The molecule has 0 heterocycles. The van der Waals surface area contributed by atoms with Gasteiger partial charge in [0.05, 0.1) is 16.8 Å². The zero-order chi connectivity index (χ0) is 21.8. The molecule has 0 unspecified atom stereocenters. The Balaban J connectivity index is 2.16. The van der Waals surface area contributed by atoms with Crippen molar-refractivity contribution in [1.82, 2.24) is 4.72 Å². The van der Waals surface area contributed by atoms with E-state index in [0.29, 0.717) is 16.5 Å². The third kappa shape index (κ3) is 7.42. The standard InChI is InChI=1S/C21H32Cl2N2O3S/c1-14(15-8-6-5-7-9-15)25-29(27,28)13-19(21(2,3)4)24-12-16-10-17(22)11-18(23)20(16)26/h10-12,14-15,19,25-26H,5-9,13H2,1-4H3/t14-,19-/m1/s1. The van der Waals surface area contributed by atoms with Gasteiger partial charge in [0.1, 0.15) is 5.75 Å². The van der Waals surface area contributed by atoms with Gasteiger partial charge in [-0.3, -0.25) is 4.99 Å². The molecule has 2 N–H and O–H groups in total. The number of phenols is 1. The first-order valence-electron chi connectivity index (χ1n) is 10.1. The minimum absolute atomic E-state index is 0.0827. The number of phenolic OH excluding ortho intramolecular Hbond substituents is 1. The fraction of sp³-hybridized carbons (Fsp3) is 0.667. The molecule has 1 saturated carbocycles. The fourth-order valence-corrected chi connectivity index (χ4v) is 6.01. The maximum Gasteiger partial charge on any atom is 0.213 e. The Hall–Kier alpha value is -0.820. The zero-order valence-electron chi connectivity index (χ0n) is 17.6. The molecule has 2 rings (SSSR count). The minimum Gasteiger partial charge on any atom is -0.506 e. The molecule has 5 nitrogen and oxygen atoms in total. The van der Waals surface area contributed by atoms with Gasteiger partial charge in [0.25, 0.3) is 0 Å². The summed E-state index contributed by atoms with van der Waals surface area (Å²) in [6.07, 6.45) is 7.15. The predicted octanol–water partition coefficient (Wildman–Crippen LogP) is 5.42. The van der Waals surface area contributed by atoms with E-state index in [-0.39, 0.29) is 22.6 Å². The molecule has 1 aliphatic rings. The number of hydrogen-bond acceptors (Lipinski definition) is 4. The minimum atomic E-state index is -3.52. The van der Waals surface area contributed by atoms with Crippen molar-refractivity contribution in [3.05, 3.63) is 27.7 Å². The Labute approximate surface area is 185 Å². The van der Waals surface area contributed by atoms with Gasteiger partial charge in [0, 0.05) is 22.8 Å². The molecule has 8 heteroatoms. The van der Waals surface area contributed by atoms with Crippen molar-refractivity contribution in [3.8, 4) is 5.75 Å². The summed E-state index contributed by atoms with van der Waals surface area (Å²) in [5, 5.41) is 10.6. The van der Waals surface area contributed by atoms with Crippen LogP contribution in [-0.2, 0) is 10.0 Å². The van der Waals surface area contributed by atoms with Crippen LogP contribution in [0.1, 0.15) is 65.4 Å². The highest BCUT2D eigenvalue weighted by Crippen LogP contribution is 2.31. The topological polar surface area (TPSA) is 78.8 Å². The summed E-state index contributed by atoms with van der Waals surface area (Å²) in [6.45, 7) is 7.79. The van der Waals surface area contributed by atoms with Gasteiger partial charge in [-0.25, -0.2) is 13.1 Å². The summed E-state index contributed by atoms with van der Waals surface area (Å²) in [6, 6.07) is 2.40. The summed E-state index contributed by atoms with van der Waals surface area (Å²) < 4.78 is 28.6. The van der Waals surface area contributed by atoms with Crippen LogP contribution in [-0.4, -0.2) is 37.6 Å². The lowest BCUT2D eigenvalue weighted by Gasteiger charge is -2.30. The highest BCUT2D eigenvalue weighted by atomic mass is 35.5. The molecule has 0 aliphatic heterocycles.